The fourth-order valence-electron chi connectivity index (χ4n) is 3.64. The van der Waals surface area contributed by atoms with E-state index < -0.39 is 0 Å². The molecule has 4 rings (SSSR count). The van der Waals surface area contributed by atoms with Crippen LogP contribution < -0.4 is 15.4 Å². The van der Waals surface area contributed by atoms with Gasteiger partial charge in [0, 0.05) is 50.5 Å². The summed E-state index contributed by atoms with van der Waals surface area (Å²) in [6, 6.07) is 14.5. The van der Waals surface area contributed by atoms with Crippen molar-refractivity contribution in [3.63, 3.8) is 0 Å². The fraction of sp³-hybridized carbons (Fsp3) is 0.360. The normalized spacial score (nSPS) is 14.5. The van der Waals surface area contributed by atoms with E-state index in [9.17, 15) is 9.59 Å². The molecule has 0 spiro atoms. The van der Waals surface area contributed by atoms with Crippen LogP contribution in [-0.4, -0.2) is 78.1 Å². The molecule has 2 N–H and O–H groups in total. The van der Waals surface area contributed by atoms with Crippen molar-refractivity contribution in [3.8, 4) is 5.75 Å². The Hall–Kier alpha value is -3.34. The van der Waals surface area contributed by atoms with Gasteiger partial charge in [0.15, 0.2) is 5.01 Å². The monoisotopic (exact) mass is 494 g/mol. The standard InChI is InChI=1S/C25H30N6O3S/c1-18-4-3-5-21(16-18)34-17-22-28-29-25(35-22)24(33)27-20-8-6-19(7-9-20)23(32)26-10-11-31-14-12-30(2)13-15-31/h3-9,16H,10-15,17H2,1-2H3,(H,26,32)(H,27,33). The van der Waals surface area contributed by atoms with Crippen LogP contribution in [0.2, 0.25) is 0 Å². The van der Waals surface area contributed by atoms with Gasteiger partial charge in [-0.25, -0.2) is 0 Å². The second kappa shape index (κ2) is 11.9. The number of nitrogens with one attached hydrogen (secondary N) is 2. The minimum Gasteiger partial charge on any atom is -0.486 e. The number of piperazine rings is 1. The van der Waals surface area contributed by atoms with Gasteiger partial charge in [-0.15, -0.1) is 10.2 Å². The van der Waals surface area contributed by atoms with Crippen molar-refractivity contribution in [1.29, 1.82) is 0 Å². The van der Waals surface area contributed by atoms with Crippen LogP contribution in [0.4, 0.5) is 5.69 Å². The first-order valence-corrected chi connectivity index (χ1v) is 12.4. The molecule has 2 aromatic carbocycles. The van der Waals surface area contributed by atoms with Crippen molar-refractivity contribution in [1.82, 2.24) is 25.3 Å². The van der Waals surface area contributed by atoms with Crippen molar-refractivity contribution in [3.05, 3.63) is 69.7 Å². The number of rotatable bonds is 9. The van der Waals surface area contributed by atoms with E-state index in [1.54, 1.807) is 24.3 Å². The quantitative estimate of drug-likeness (QED) is 0.472. The van der Waals surface area contributed by atoms with Crippen molar-refractivity contribution in [2.24, 2.45) is 0 Å². The van der Waals surface area contributed by atoms with Gasteiger partial charge in [-0.1, -0.05) is 23.5 Å². The molecular weight excluding hydrogens is 464 g/mol. The molecule has 0 unspecified atom stereocenters. The van der Waals surface area contributed by atoms with E-state index in [4.69, 9.17) is 4.74 Å². The number of aromatic nitrogens is 2. The summed E-state index contributed by atoms with van der Waals surface area (Å²) < 4.78 is 5.72. The topological polar surface area (TPSA) is 99.7 Å². The van der Waals surface area contributed by atoms with Gasteiger partial charge in [-0.05, 0) is 55.9 Å². The van der Waals surface area contributed by atoms with E-state index in [0.717, 1.165) is 44.0 Å². The molecule has 1 saturated heterocycles. The summed E-state index contributed by atoms with van der Waals surface area (Å²) >= 11 is 1.18. The minimum atomic E-state index is -0.353. The average Bonchev–Trinajstić information content (AvgIpc) is 3.34. The highest BCUT2D eigenvalue weighted by molar-refractivity contribution is 7.13. The zero-order chi connectivity index (χ0) is 24.6. The third-order valence-corrected chi connectivity index (χ3v) is 6.62. The summed E-state index contributed by atoms with van der Waals surface area (Å²) in [7, 11) is 2.12. The van der Waals surface area contributed by atoms with Crippen molar-refractivity contribution in [2.75, 3.05) is 51.6 Å². The highest BCUT2D eigenvalue weighted by Crippen LogP contribution is 2.18. The molecule has 10 heteroatoms. The summed E-state index contributed by atoms with van der Waals surface area (Å²) in [5.74, 6) is 0.266. The summed E-state index contributed by atoms with van der Waals surface area (Å²) in [5, 5.41) is 14.6. The average molecular weight is 495 g/mol. The van der Waals surface area contributed by atoms with Gasteiger partial charge in [0.2, 0.25) is 5.01 Å². The van der Waals surface area contributed by atoms with Crippen LogP contribution in [0.25, 0.3) is 0 Å². The van der Waals surface area contributed by atoms with Crippen molar-refractivity contribution < 1.29 is 14.3 Å². The molecule has 2 amide bonds. The predicted octanol–water partition coefficient (Wildman–Crippen LogP) is 2.66. The molecule has 184 valence electrons. The second-order valence-corrected chi connectivity index (χ2v) is 9.60. The van der Waals surface area contributed by atoms with Crippen LogP contribution in [0.5, 0.6) is 5.75 Å². The SMILES string of the molecule is Cc1cccc(OCc2nnc(C(=O)Nc3ccc(C(=O)NCCN4CCN(C)CC4)cc3)s2)c1. The Bertz CT molecular complexity index is 1140. The molecule has 0 radical (unpaired) electrons. The molecule has 1 aromatic heterocycles. The Kier molecular flexibility index (Phi) is 8.40. The molecule has 35 heavy (non-hydrogen) atoms. The van der Waals surface area contributed by atoms with Crippen molar-refractivity contribution >= 4 is 28.8 Å². The van der Waals surface area contributed by atoms with Gasteiger partial charge in [0.1, 0.15) is 12.4 Å². The number of anilines is 1. The highest BCUT2D eigenvalue weighted by atomic mass is 32.1. The number of likely N-dealkylation sites (N-methyl/N-ethyl adjacent to an activating group) is 1. The van der Waals surface area contributed by atoms with Gasteiger partial charge < -0.3 is 20.3 Å². The van der Waals surface area contributed by atoms with Gasteiger partial charge in [-0.3, -0.25) is 14.5 Å². The van der Waals surface area contributed by atoms with Crippen LogP contribution in [0.15, 0.2) is 48.5 Å². The third-order valence-electron chi connectivity index (χ3n) is 5.73. The first-order valence-electron chi connectivity index (χ1n) is 11.6. The third kappa shape index (κ3) is 7.32. The lowest BCUT2D eigenvalue weighted by Gasteiger charge is -2.32. The predicted molar refractivity (Wildman–Crippen MR) is 136 cm³/mol. The molecule has 0 aliphatic carbocycles. The van der Waals surface area contributed by atoms with Gasteiger partial charge in [0.25, 0.3) is 11.8 Å². The molecule has 1 aliphatic rings. The maximum absolute atomic E-state index is 12.5. The molecular formula is C25H30N6O3S. The largest absolute Gasteiger partial charge is 0.486 e. The first kappa shape index (κ1) is 24.8. The number of aryl methyl sites for hydroxylation is 1. The number of ether oxygens (including phenoxy) is 1. The number of hydrogen-bond acceptors (Lipinski definition) is 8. The van der Waals surface area contributed by atoms with Gasteiger partial charge in [-0.2, -0.15) is 0 Å². The maximum atomic E-state index is 12.5. The smallest absolute Gasteiger partial charge is 0.286 e. The molecule has 3 aromatic rings. The minimum absolute atomic E-state index is 0.126. The van der Waals surface area contributed by atoms with E-state index >= 15 is 0 Å². The zero-order valence-electron chi connectivity index (χ0n) is 20.0. The Labute approximate surface area is 209 Å². The van der Waals surface area contributed by atoms with Crippen LogP contribution in [0, 0.1) is 6.92 Å². The molecule has 0 bridgehead atoms. The zero-order valence-corrected chi connectivity index (χ0v) is 20.8. The molecule has 1 aliphatic heterocycles. The number of carbonyl (C=O) groups excluding carboxylic acids is 2. The van der Waals surface area contributed by atoms with Gasteiger partial charge >= 0.3 is 0 Å². The van der Waals surface area contributed by atoms with E-state index in [0.29, 0.717) is 22.8 Å². The Balaban J connectivity index is 1.22. The lowest BCUT2D eigenvalue weighted by molar-refractivity contribution is 0.0940. The lowest BCUT2D eigenvalue weighted by atomic mass is 10.2. The number of benzene rings is 2. The molecule has 0 saturated carbocycles. The van der Waals surface area contributed by atoms with E-state index in [1.807, 2.05) is 31.2 Å². The van der Waals surface area contributed by atoms with E-state index in [1.165, 1.54) is 11.3 Å². The fourth-order valence-corrected chi connectivity index (χ4v) is 4.29. The van der Waals surface area contributed by atoms with Crippen LogP contribution >= 0.6 is 11.3 Å². The van der Waals surface area contributed by atoms with Crippen LogP contribution in [0.3, 0.4) is 0 Å². The molecule has 0 atom stereocenters. The second-order valence-electron chi connectivity index (χ2n) is 8.54. The Morgan fingerprint density at radius 1 is 1.03 bits per heavy atom. The molecule has 9 nitrogen and oxygen atoms in total. The lowest BCUT2D eigenvalue weighted by Crippen LogP contribution is -2.46. The number of carbonyl (C=O) groups is 2. The molecule has 1 fully saturated rings. The van der Waals surface area contributed by atoms with Crippen LogP contribution in [-0.2, 0) is 6.61 Å². The Morgan fingerprint density at radius 2 is 1.80 bits per heavy atom. The summed E-state index contributed by atoms with van der Waals surface area (Å²) in [5.41, 5.74) is 2.23. The Morgan fingerprint density at radius 3 is 2.54 bits per heavy atom. The maximum Gasteiger partial charge on any atom is 0.286 e. The number of nitrogens with zero attached hydrogens (tertiary/aromatic N) is 4. The number of hydrogen-bond donors (Lipinski definition) is 2. The summed E-state index contributed by atoms with van der Waals surface area (Å²) in [6.07, 6.45) is 0. The summed E-state index contributed by atoms with van der Waals surface area (Å²) in [6.45, 7) is 7.85. The number of amides is 2. The van der Waals surface area contributed by atoms with E-state index in [-0.39, 0.29) is 23.4 Å². The van der Waals surface area contributed by atoms with Crippen molar-refractivity contribution in [2.45, 2.75) is 13.5 Å². The summed E-state index contributed by atoms with van der Waals surface area (Å²) in [4.78, 5) is 29.6. The molecule has 2 heterocycles. The first-order chi connectivity index (χ1) is 17.0. The van der Waals surface area contributed by atoms with Gasteiger partial charge in [0.05, 0.1) is 0 Å². The van der Waals surface area contributed by atoms with Crippen LogP contribution in [0.1, 0.15) is 30.7 Å². The van der Waals surface area contributed by atoms with E-state index in [2.05, 4.69) is 37.7 Å². The highest BCUT2D eigenvalue weighted by Gasteiger charge is 2.15.